The average Bonchev–Trinajstić information content (AvgIpc) is 3.43. The number of carbonyl (C=O) groups is 4. The fraction of sp³-hybridized carbons (Fsp3) is 0.438. The lowest BCUT2D eigenvalue weighted by Gasteiger charge is -2.25. The number of benzene rings is 2. The van der Waals surface area contributed by atoms with Gasteiger partial charge in [0.25, 0.3) is 23.6 Å². The predicted octanol–water partition coefficient (Wildman–Crippen LogP) is 5.47. The molecular weight excluding hydrogens is 788 g/mol. The van der Waals surface area contributed by atoms with Crippen LogP contribution in [0.15, 0.2) is 46.4 Å². The molecule has 0 fully saturated rings. The van der Waals surface area contributed by atoms with Crippen molar-refractivity contribution >= 4 is 35.5 Å². The van der Waals surface area contributed by atoms with E-state index in [-0.39, 0.29) is 22.3 Å². The Balaban J connectivity index is 0.000000300. The van der Waals surface area contributed by atoms with E-state index in [1.165, 1.54) is 0 Å². The molecule has 2 unspecified atom stereocenters. The molecule has 0 saturated carbocycles. The molecule has 2 aromatic carbocycles. The molecule has 2 heterocycles. The van der Waals surface area contributed by atoms with E-state index in [9.17, 15) is 71.9 Å². The molecule has 2 aliphatic heterocycles. The first-order valence-corrected chi connectivity index (χ1v) is 16.0. The Labute approximate surface area is 308 Å². The highest BCUT2D eigenvalue weighted by Gasteiger charge is 2.43. The Kier molecular flexibility index (Phi) is 13.6. The summed E-state index contributed by atoms with van der Waals surface area (Å²) in [6.45, 7) is -0.789. The van der Waals surface area contributed by atoms with E-state index in [0.29, 0.717) is 24.3 Å². The third-order valence-corrected chi connectivity index (χ3v) is 8.17. The monoisotopic (exact) mass is 820 g/mol. The molecule has 0 aliphatic carbocycles. The van der Waals surface area contributed by atoms with Crippen LogP contribution in [0.1, 0.15) is 93.6 Å². The summed E-state index contributed by atoms with van der Waals surface area (Å²) in [4.78, 5) is 57.2. The average molecular weight is 821 g/mol. The number of amides is 4. The van der Waals surface area contributed by atoms with Crippen LogP contribution in [0.4, 0.5) is 52.7 Å². The van der Waals surface area contributed by atoms with E-state index < -0.39 is 135 Å². The maximum atomic E-state index is 13.0. The van der Waals surface area contributed by atoms with E-state index in [2.05, 4.69) is 9.98 Å². The summed E-state index contributed by atoms with van der Waals surface area (Å²) in [6.07, 6.45) is -22.7. The van der Waals surface area contributed by atoms with Crippen LogP contribution in [-0.2, 0) is 21.9 Å². The molecule has 24 heteroatoms. The zero-order valence-electron chi connectivity index (χ0n) is 28.5. The normalized spacial score (nSPS) is 16.9. The number of alkyl halides is 12. The van der Waals surface area contributed by atoms with Crippen molar-refractivity contribution in [3.05, 3.63) is 69.8 Å². The molecule has 0 spiro atoms. The van der Waals surface area contributed by atoms with Crippen LogP contribution in [0, 0.1) is 0 Å². The topological polar surface area (TPSA) is 204 Å². The molecule has 0 aromatic heterocycles. The molecule has 0 radical (unpaired) electrons. The van der Waals surface area contributed by atoms with Gasteiger partial charge in [0.1, 0.15) is 0 Å². The molecule has 2 aliphatic rings. The zero-order valence-corrected chi connectivity index (χ0v) is 28.5. The number of carbonyl (C=O) groups excluding carboxylic acids is 4. The quantitative estimate of drug-likeness (QED) is 0.137. The molecule has 0 saturated heterocycles. The number of halogens is 12. The fourth-order valence-electron chi connectivity index (χ4n) is 5.91. The predicted molar refractivity (Wildman–Crippen MR) is 172 cm³/mol. The second-order valence-corrected chi connectivity index (χ2v) is 12.3. The molecule has 2 aromatic rings. The summed E-state index contributed by atoms with van der Waals surface area (Å²) in [5.74, 6) is -4.50. The van der Waals surface area contributed by atoms with Crippen molar-refractivity contribution < 1.29 is 71.9 Å². The minimum atomic E-state index is -4.70. The van der Waals surface area contributed by atoms with Gasteiger partial charge in [-0.2, -0.15) is 62.7 Å². The highest BCUT2D eigenvalue weighted by Crippen LogP contribution is 2.42. The SMILES string of the molecule is NC(N)=NC(=O)CC1c2cc(C(F)(F)F)ccc2C(=O)N1CCCC(F)(F)F.NC(N)=NC(=O)CC1c2cc(C(F)(F)F)ccc2C(=O)N1CCCC(F)(F)F. The summed E-state index contributed by atoms with van der Waals surface area (Å²) < 4.78 is 152. The first-order chi connectivity index (χ1) is 25.6. The number of hydrogen-bond acceptors (Lipinski definition) is 4. The van der Waals surface area contributed by atoms with Gasteiger partial charge in [-0.15, -0.1) is 0 Å². The standard InChI is InChI=1S/2C16H16F6N4O2/c2*17-15(18,19)4-1-5-26-11(7-12(27)25-14(23)24)10-6-8(16(20,21)22)2-3-9(10)13(26)28/h2*2-3,6,11H,1,4-5,7H2,(H4,23,24,25,27). The van der Waals surface area contributed by atoms with E-state index >= 15 is 0 Å². The number of guanidine groups is 2. The second kappa shape index (κ2) is 17.1. The fourth-order valence-corrected chi connectivity index (χ4v) is 5.91. The Bertz CT molecular complexity index is 1730. The Morgan fingerprint density at radius 1 is 0.571 bits per heavy atom. The largest absolute Gasteiger partial charge is 0.416 e. The van der Waals surface area contributed by atoms with Crippen LogP contribution in [0.25, 0.3) is 0 Å². The number of aliphatic imine (C=N–C) groups is 2. The summed E-state index contributed by atoms with van der Waals surface area (Å²) in [5.41, 5.74) is 17.8. The minimum Gasteiger partial charge on any atom is -0.370 e. The zero-order chi connectivity index (χ0) is 42.6. The van der Waals surface area contributed by atoms with Gasteiger partial charge in [0, 0.05) is 37.1 Å². The van der Waals surface area contributed by atoms with Crippen LogP contribution < -0.4 is 22.9 Å². The van der Waals surface area contributed by atoms with Crippen molar-refractivity contribution in [2.45, 2.75) is 75.3 Å². The molecule has 308 valence electrons. The van der Waals surface area contributed by atoms with E-state index in [1.54, 1.807) is 0 Å². The smallest absolute Gasteiger partial charge is 0.370 e. The third-order valence-electron chi connectivity index (χ3n) is 8.17. The van der Waals surface area contributed by atoms with Crippen molar-refractivity contribution in [2.24, 2.45) is 32.9 Å². The van der Waals surface area contributed by atoms with Gasteiger partial charge in [0.15, 0.2) is 11.9 Å². The van der Waals surface area contributed by atoms with E-state index in [4.69, 9.17) is 22.9 Å². The van der Waals surface area contributed by atoms with Crippen molar-refractivity contribution in [2.75, 3.05) is 13.1 Å². The van der Waals surface area contributed by atoms with Gasteiger partial charge in [-0.25, -0.2) is 0 Å². The second-order valence-electron chi connectivity index (χ2n) is 12.3. The summed E-state index contributed by atoms with van der Waals surface area (Å²) >= 11 is 0. The van der Waals surface area contributed by atoms with Crippen molar-refractivity contribution in [1.29, 1.82) is 0 Å². The summed E-state index contributed by atoms with van der Waals surface area (Å²) in [6, 6.07) is 2.32. The van der Waals surface area contributed by atoms with Gasteiger partial charge in [-0.1, -0.05) is 0 Å². The molecule has 4 rings (SSSR count). The molecular formula is C32H32F12N8O4. The minimum absolute atomic E-state index is 0.106. The molecule has 56 heavy (non-hydrogen) atoms. The van der Waals surface area contributed by atoms with Crippen LogP contribution in [-0.4, -0.2) is 70.8 Å². The highest BCUT2D eigenvalue weighted by atomic mass is 19.4. The van der Waals surface area contributed by atoms with Crippen LogP contribution in [0.2, 0.25) is 0 Å². The van der Waals surface area contributed by atoms with E-state index in [1.807, 2.05) is 0 Å². The lowest BCUT2D eigenvalue weighted by molar-refractivity contribution is -0.138. The van der Waals surface area contributed by atoms with Gasteiger partial charge in [0.05, 0.1) is 36.1 Å². The summed E-state index contributed by atoms with van der Waals surface area (Å²) in [7, 11) is 0. The highest BCUT2D eigenvalue weighted by molar-refractivity contribution is 6.01. The molecule has 4 amide bonds. The number of rotatable bonds is 10. The Morgan fingerprint density at radius 2 is 0.893 bits per heavy atom. The van der Waals surface area contributed by atoms with Crippen molar-refractivity contribution in [3.63, 3.8) is 0 Å². The maximum absolute atomic E-state index is 13.0. The van der Waals surface area contributed by atoms with Crippen LogP contribution in [0.5, 0.6) is 0 Å². The number of nitrogens with two attached hydrogens (primary N) is 4. The lowest BCUT2D eigenvalue weighted by atomic mass is 9.99. The first-order valence-electron chi connectivity index (χ1n) is 16.0. The number of hydrogen-bond donors (Lipinski definition) is 4. The third kappa shape index (κ3) is 12.2. The Morgan fingerprint density at radius 3 is 1.16 bits per heavy atom. The van der Waals surface area contributed by atoms with Gasteiger partial charge < -0.3 is 32.7 Å². The maximum Gasteiger partial charge on any atom is 0.416 e. The van der Waals surface area contributed by atoms with Crippen molar-refractivity contribution in [3.8, 4) is 0 Å². The van der Waals surface area contributed by atoms with E-state index in [0.717, 1.165) is 21.9 Å². The Hall–Kier alpha value is -5.58. The lowest BCUT2D eigenvalue weighted by Crippen LogP contribution is -2.31. The molecule has 12 nitrogen and oxygen atoms in total. The number of fused-ring (bicyclic) bond motifs is 2. The first kappa shape index (κ1) is 44.8. The van der Waals surface area contributed by atoms with Gasteiger partial charge in [0.2, 0.25) is 0 Å². The van der Waals surface area contributed by atoms with Gasteiger partial charge in [-0.3, -0.25) is 19.2 Å². The van der Waals surface area contributed by atoms with Crippen LogP contribution in [0.3, 0.4) is 0 Å². The summed E-state index contributed by atoms with van der Waals surface area (Å²) in [5, 5.41) is 0. The number of nitrogens with zero attached hydrogens (tertiary/aromatic N) is 4. The van der Waals surface area contributed by atoms with Crippen LogP contribution >= 0.6 is 0 Å². The molecule has 8 N–H and O–H groups in total. The van der Waals surface area contributed by atoms with Gasteiger partial charge in [-0.05, 0) is 60.4 Å². The van der Waals surface area contributed by atoms with Crippen molar-refractivity contribution in [1.82, 2.24) is 9.80 Å². The molecule has 0 bridgehead atoms. The van der Waals surface area contributed by atoms with Gasteiger partial charge >= 0.3 is 24.7 Å². The molecule has 2 atom stereocenters.